The third-order valence-electron chi connectivity index (χ3n) is 3.27. The maximum atomic E-state index is 11.5. The van der Waals surface area contributed by atoms with Gasteiger partial charge in [0.05, 0.1) is 7.11 Å². The van der Waals surface area contributed by atoms with Gasteiger partial charge in [-0.3, -0.25) is 0 Å². The Bertz CT molecular complexity index is 572. The zero-order valence-corrected chi connectivity index (χ0v) is 10.8. The molecular weight excluding hydrogens is 242 g/mol. The van der Waals surface area contributed by atoms with E-state index in [1.54, 1.807) is 6.08 Å². The highest BCUT2D eigenvalue weighted by Crippen LogP contribution is 2.26. The number of azide groups is 1. The summed E-state index contributed by atoms with van der Waals surface area (Å²) in [6, 6.07) is 6.00. The fourth-order valence-corrected chi connectivity index (χ4v) is 2.37. The van der Waals surface area contributed by atoms with Crippen molar-refractivity contribution in [3.05, 3.63) is 51.0 Å². The van der Waals surface area contributed by atoms with E-state index in [2.05, 4.69) is 20.8 Å². The van der Waals surface area contributed by atoms with Crippen molar-refractivity contribution >= 4 is 12.0 Å². The van der Waals surface area contributed by atoms with Gasteiger partial charge < -0.3 is 4.74 Å². The number of rotatable bonds is 3. The molecule has 1 aliphatic rings. The molecule has 0 aliphatic heterocycles. The molecule has 5 heteroatoms. The fourth-order valence-electron chi connectivity index (χ4n) is 2.37. The summed E-state index contributed by atoms with van der Waals surface area (Å²) in [5.41, 5.74) is 12.0. The highest BCUT2D eigenvalue weighted by Gasteiger charge is 2.14. The second-order valence-electron chi connectivity index (χ2n) is 4.40. The Kier molecular flexibility index (Phi) is 4.21. The maximum absolute atomic E-state index is 11.5. The van der Waals surface area contributed by atoms with Crippen LogP contribution in [0.15, 0.2) is 29.0 Å². The van der Waals surface area contributed by atoms with Crippen molar-refractivity contribution in [1.82, 2.24) is 0 Å². The predicted octanol–water partition coefficient (Wildman–Crippen LogP) is 3.39. The molecule has 1 aliphatic carbocycles. The van der Waals surface area contributed by atoms with Crippen LogP contribution >= 0.6 is 0 Å². The molecule has 0 spiro atoms. The van der Waals surface area contributed by atoms with E-state index in [9.17, 15) is 4.79 Å². The van der Waals surface area contributed by atoms with Crippen LogP contribution in [0.2, 0.25) is 0 Å². The fraction of sp³-hybridized carbons (Fsp3) is 0.357. The Morgan fingerprint density at radius 3 is 2.95 bits per heavy atom. The summed E-state index contributed by atoms with van der Waals surface area (Å²) in [7, 11) is 1.27. The number of hydrogen-bond donors (Lipinski definition) is 0. The van der Waals surface area contributed by atoms with Crippen LogP contribution in [-0.2, 0) is 22.4 Å². The van der Waals surface area contributed by atoms with Gasteiger partial charge in [0.25, 0.3) is 0 Å². The molecule has 0 saturated heterocycles. The largest absolute Gasteiger partial charge is 0.466 e. The minimum Gasteiger partial charge on any atom is -0.466 e. The van der Waals surface area contributed by atoms with Crippen molar-refractivity contribution in [2.24, 2.45) is 5.11 Å². The van der Waals surface area contributed by atoms with E-state index in [0.29, 0.717) is 0 Å². The normalized spacial score (nSPS) is 14.3. The van der Waals surface area contributed by atoms with Crippen LogP contribution < -0.4 is 0 Å². The van der Waals surface area contributed by atoms with E-state index in [1.807, 2.05) is 12.1 Å². The molecule has 0 radical (unpaired) electrons. The summed E-state index contributed by atoms with van der Waals surface area (Å²) in [6.07, 6.45) is 6.00. The lowest BCUT2D eigenvalue weighted by atomic mass is 9.88. The van der Waals surface area contributed by atoms with Crippen molar-refractivity contribution in [2.75, 3.05) is 7.11 Å². The zero-order chi connectivity index (χ0) is 13.7. The summed E-state index contributed by atoms with van der Waals surface area (Å²) in [4.78, 5) is 14.2. The van der Waals surface area contributed by atoms with Gasteiger partial charge in [-0.05, 0) is 54.0 Å². The van der Waals surface area contributed by atoms with E-state index in [-0.39, 0.29) is 5.70 Å². The Morgan fingerprint density at radius 2 is 2.21 bits per heavy atom. The molecule has 1 aromatic rings. The standard InChI is InChI=1S/C14H15N3O2/c1-19-14(18)13(16-17-15)9-11-7-4-6-10-5-2-3-8-12(10)11/h4,6-7,9H,2-3,5,8H2,1H3/b13-9-. The Labute approximate surface area is 111 Å². The van der Waals surface area contributed by atoms with Gasteiger partial charge in [-0.15, -0.1) is 0 Å². The quantitative estimate of drug-likeness (QED) is 0.273. The topological polar surface area (TPSA) is 75.1 Å². The molecule has 0 N–H and O–H groups in total. The maximum Gasteiger partial charge on any atom is 0.340 e. The average molecular weight is 257 g/mol. The monoisotopic (exact) mass is 257 g/mol. The lowest BCUT2D eigenvalue weighted by Crippen LogP contribution is -2.06. The summed E-state index contributed by atoms with van der Waals surface area (Å²) >= 11 is 0. The molecular formula is C14H15N3O2. The molecule has 0 fully saturated rings. The number of carbonyl (C=O) groups is 1. The van der Waals surface area contributed by atoms with Gasteiger partial charge in [0.15, 0.2) is 0 Å². The van der Waals surface area contributed by atoms with Crippen molar-refractivity contribution in [1.29, 1.82) is 0 Å². The van der Waals surface area contributed by atoms with Crippen LogP contribution in [0.4, 0.5) is 0 Å². The van der Waals surface area contributed by atoms with Gasteiger partial charge in [0.2, 0.25) is 0 Å². The number of methoxy groups -OCH3 is 1. The van der Waals surface area contributed by atoms with Crippen LogP contribution in [0.3, 0.4) is 0 Å². The van der Waals surface area contributed by atoms with Gasteiger partial charge in [-0.25, -0.2) is 4.79 Å². The van der Waals surface area contributed by atoms with Crippen LogP contribution in [0.25, 0.3) is 16.5 Å². The highest BCUT2D eigenvalue weighted by molar-refractivity contribution is 5.93. The van der Waals surface area contributed by atoms with Gasteiger partial charge in [0.1, 0.15) is 5.70 Å². The molecule has 5 nitrogen and oxygen atoms in total. The lowest BCUT2D eigenvalue weighted by Gasteiger charge is -2.17. The van der Waals surface area contributed by atoms with Gasteiger partial charge in [0, 0.05) is 4.91 Å². The smallest absolute Gasteiger partial charge is 0.340 e. The number of esters is 1. The molecule has 0 atom stereocenters. The third-order valence-corrected chi connectivity index (χ3v) is 3.27. The molecule has 19 heavy (non-hydrogen) atoms. The van der Waals surface area contributed by atoms with Crippen LogP contribution in [-0.4, -0.2) is 13.1 Å². The number of carbonyl (C=O) groups excluding carboxylic acids is 1. The van der Waals surface area contributed by atoms with E-state index in [0.717, 1.165) is 24.8 Å². The molecule has 0 saturated carbocycles. The summed E-state index contributed by atoms with van der Waals surface area (Å²) in [5.74, 6) is -0.619. The van der Waals surface area contributed by atoms with Gasteiger partial charge in [-0.1, -0.05) is 23.3 Å². The number of hydrogen-bond acceptors (Lipinski definition) is 3. The first-order valence-corrected chi connectivity index (χ1v) is 6.22. The van der Waals surface area contributed by atoms with Crippen LogP contribution in [0.5, 0.6) is 0 Å². The molecule has 0 bridgehead atoms. The first-order chi connectivity index (χ1) is 9.26. The molecule has 0 unspecified atom stereocenters. The Morgan fingerprint density at radius 1 is 1.42 bits per heavy atom. The molecule has 98 valence electrons. The zero-order valence-electron chi connectivity index (χ0n) is 10.8. The second-order valence-corrected chi connectivity index (χ2v) is 4.40. The molecule has 0 amide bonds. The van der Waals surface area contributed by atoms with Crippen LogP contribution in [0.1, 0.15) is 29.5 Å². The first kappa shape index (κ1) is 13.2. The predicted molar refractivity (Wildman–Crippen MR) is 72.2 cm³/mol. The Hall–Kier alpha value is -2.26. The van der Waals surface area contributed by atoms with Gasteiger partial charge >= 0.3 is 5.97 Å². The third kappa shape index (κ3) is 2.95. The minimum absolute atomic E-state index is 0.0102. The summed E-state index contributed by atoms with van der Waals surface area (Å²) in [6.45, 7) is 0. The van der Waals surface area contributed by atoms with Crippen LogP contribution in [0, 0.1) is 0 Å². The van der Waals surface area contributed by atoms with Gasteiger partial charge in [-0.2, -0.15) is 0 Å². The second kappa shape index (κ2) is 6.07. The lowest BCUT2D eigenvalue weighted by molar-refractivity contribution is -0.136. The number of ether oxygens (including phenoxy) is 1. The van der Waals surface area contributed by atoms with E-state index in [4.69, 9.17) is 5.53 Å². The molecule has 2 rings (SSSR count). The van der Waals surface area contributed by atoms with E-state index < -0.39 is 5.97 Å². The van der Waals surface area contributed by atoms with Crippen molar-refractivity contribution in [3.8, 4) is 0 Å². The molecule has 1 aromatic carbocycles. The van der Waals surface area contributed by atoms with Crippen molar-refractivity contribution in [2.45, 2.75) is 25.7 Å². The number of aryl methyl sites for hydroxylation is 1. The van der Waals surface area contributed by atoms with E-state index >= 15 is 0 Å². The summed E-state index contributed by atoms with van der Waals surface area (Å²) in [5, 5.41) is 3.41. The summed E-state index contributed by atoms with van der Waals surface area (Å²) < 4.78 is 4.61. The molecule has 0 heterocycles. The first-order valence-electron chi connectivity index (χ1n) is 6.22. The minimum atomic E-state index is -0.619. The number of benzene rings is 1. The van der Waals surface area contributed by atoms with E-state index in [1.165, 1.54) is 24.7 Å². The number of nitrogens with zero attached hydrogens (tertiary/aromatic N) is 3. The SMILES string of the molecule is COC(=O)/C(=C/c1cccc2c1CCCC2)N=[N+]=[N-]. The average Bonchev–Trinajstić information content (AvgIpc) is 2.46. The Balaban J connectivity index is 2.45. The molecule has 0 aromatic heterocycles. The van der Waals surface area contributed by atoms with Crippen molar-refractivity contribution in [3.63, 3.8) is 0 Å². The van der Waals surface area contributed by atoms with Crippen molar-refractivity contribution < 1.29 is 9.53 Å². The number of fused-ring (bicyclic) bond motifs is 1. The highest BCUT2D eigenvalue weighted by atomic mass is 16.5.